The van der Waals surface area contributed by atoms with Crippen LogP contribution < -0.4 is 0 Å². The van der Waals surface area contributed by atoms with Crippen molar-refractivity contribution in [1.29, 1.82) is 0 Å². The molecule has 0 saturated heterocycles. The average Bonchev–Trinajstić information content (AvgIpc) is 4.02. The highest BCUT2D eigenvalue weighted by Crippen LogP contribution is 2.44. The van der Waals surface area contributed by atoms with Gasteiger partial charge < -0.3 is 8.98 Å². The van der Waals surface area contributed by atoms with Crippen LogP contribution in [0, 0.1) is 0 Å². The largest absolute Gasteiger partial charge is 0.455 e. The number of nitrogens with zero attached hydrogens (tertiary/aromatic N) is 5. The van der Waals surface area contributed by atoms with Crippen LogP contribution in [0.2, 0.25) is 0 Å². The minimum absolute atomic E-state index is 0.540. The lowest BCUT2D eigenvalue weighted by molar-refractivity contribution is 0.670. The number of fused-ring (bicyclic) bond motifs is 10. The van der Waals surface area contributed by atoms with Crippen LogP contribution in [-0.2, 0) is 0 Å². The van der Waals surface area contributed by atoms with Crippen molar-refractivity contribution in [3.63, 3.8) is 0 Å². The third-order valence-corrected chi connectivity index (χ3v) is 12.4. The monoisotopic (exact) mass is 805 g/mol. The van der Waals surface area contributed by atoms with Crippen molar-refractivity contribution < 1.29 is 4.42 Å². The maximum atomic E-state index is 6.67. The lowest BCUT2D eigenvalue weighted by Crippen LogP contribution is -2.07. The SMILES string of the molecule is c1ccc(-c2nc(-c3ccccc3-c3ccccc3)nc(-n3c4ccccc4c4ccc5c6ccccc6n(-c6cc(-c7ccccc7)c7oc8ccccc8c7c6)c5c43)n2)cc1. The molecule has 294 valence electrons. The maximum Gasteiger partial charge on any atom is 0.238 e. The Morgan fingerprint density at radius 2 is 0.841 bits per heavy atom. The van der Waals surface area contributed by atoms with Gasteiger partial charge in [-0.25, -0.2) is 4.98 Å². The number of benzene rings is 9. The van der Waals surface area contributed by atoms with Crippen molar-refractivity contribution in [2.24, 2.45) is 0 Å². The van der Waals surface area contributed by atoms with Crippen molar-refractivity contribution in [3.05, 3.63) is 212 Å². The number of para-hydroxylation sites is 3. The molecule has 0 aliphatic heterocycles. The number of hydrogen-bond acceptors (Lipinski definition) is 4. The Kier molecular flexibility index (Phi) is 7.80. The Morgan fingerprint density at radius 3 is 1.52 bits per heavy atom. The van der Waals surface area contributed by atoms with Gasteiger partial charge in [-0.05, 0) is 47.0 Å². The second-order valence-electron chi connectivity index (χ2n) is 16.0. The van der Waals surface area contributed by atoms with Crippen LogP contribution in [0.4, 0.5) is 0 Å². The zero-order chi connectivity index (χ0) is 41.4. The molecule has 0 atom stereocenters. The zero-order valence-corrected chi connectivity index (χ0v) is 33.9. The molecule has 0 aliphatic carbocycles. The highest BCUT2D eigenvalue weighted by Gasteiger charge is 2.25. The van der Waals surface area contributed by atoms with Crippen LogP contribution >= 0.6 is 0 Å². The molecule has 0 fully saturated rings. The Bertz CT molecular complexity index is 3900. The van der Waals surface area contributed by atoms with E-state index in [4.69, 9.17) is 19.4 Å². The summed E-state index contributed by atoms with van der Waals surface area (Å²) >= 11 is 0. The number of furan rings is 1. The van der Waals surface area contributed by atoms with Crippen LogP contribution in [0.3, 0.4) is 0 Å². The third kappa shape index (κ3) is 5.48. The topological polar surface area (TPSA) is 61.7 Å². The molecule has 0 spiro atoms. The second-order valence-corrected chi connectivity index (χ2v) is 16.0. The van der Waals surface area contributed by atoms with E-state index in [1.807, 2.05) is 30.3 Å². The van der Waals surface area contributed by atoms with Gasteiger partial charge in [0.05, 0.1) is 22.1 Å². The standard InChI is InChI=1S/C57H35N5O/c1-4-18-36(19-5-1)40-24-10-11-28-46(40)56-58-55(38-22-8-3-9-23-38)59-57(60-56)62-50-30-16-13-26-42(50)45-33-32-44-41-25-12-15-29-49(41)61(52(44)53(45)62)39-34-47(37-20-6-2-7-21-37)54-48(35-39)43-27-14-17-31-51(43)63-54/h1-35H. The first-order chi connectivity index (χ1) is 31.3. The lowest BCUT2D eigenvalue weighted by Gasteiger charge is -2.15. The van der Waals surface area contributed by atoms with Crippen molar-refractivity contribution in [2.45, 2.75) is 0 Å². The predicted molar refractivity (Wildman–Crippen MR) is 258 cm³/mol. The number of aromatic nitrogens is 5. The van der Waals surface area contributed by atoms with Crippen LogP contribution in [0.25, 0.3) is 122 Å². The van der Waals surface area contributed by atoms with Gasteiger partial charge in [0, 0.05) is 54.7 Å². The fraction of sp³-hybridized carbons (Fsp3) is 0. The summed E-state index contributed by atoms with van der Waals surface area (Å²) in [4.78, 5) is 16.1. The van der Waals surface area contributed by atoms with Crippen LogP contribution in [0.15, 0.2) is 217 Å². The zero-order valence-electron chi connectivity index (χ0n) is 33.9. The van der Waals surface area contributed by atoms with Crippen LogP contribution in [-0.4, -0.2) is 24.1 Å². The summed E-state index contributed by atoms with van der Waals surface area (Å²) in [6.45, 7) is 0. The molecular formula is C57H35N5O. The molecule has 13 rings (SSSR count). The van der Waals surface area contributed by atoms with E-state index in [0.717, 1.165) is 105 Å². The third-order valence-electron chi connectivity index (χ3n) is 12.4. The van der Waals surface area contributed by atoms with Crippen molar-refractivity contribution in [1.82, 2.24) is 24.1 Å². The first-order valence-corrected chi connectivity index (χ1v) is 21.2. The Balaban J connectivity index is 1.18. The molecule has 0 N–H and O–H groups in total. The summed E-state index contributed by atoms with van der Waals surface area (Å²) in [5, 5.41) is 6.64. The smallest absolute Gasteiger partial charge is 0.238 e. The first-order valence-electron chi connectivity index (χ1n) is 21.2. The van der Waals surface area contributed by atoms with Gasteiger partial charge in [0.25, 0.3) is 0 Å². The molecule has 0 bridgehead atoms. The van der Waals surface area contributed by atoms with E-state index >= 15 is 0 Å². The Hall–Kier alpha value is -8.61. The van der Waals surface area contributed by atoms with Gasteiger partial charge in [0.15, 0.2) is 11.6 Å². The number of rotatable bonds is 6. The molecule has 9 aromatic carbocycles. The molecule has 0 radical (unpaired) electrons. The predicted octanol–water partition coefficient (Wildman–Crippen LogP) is 14.6. The highest BCUT2D eigenvalue weighted by atomic mass is 16.3. The normalized spacial score (nSPS) is 11.8. The van der Waals surface area contributed by atoms with E-state index in [1.165, 1.54) is 0 Å². The molecule has 6 heteroatoms. The molecule has 0 saturated carbocycles. The van der Waals surface area contributed by atoms with Crippen LogP contribution in [0.1, 0.15) is 0 Å². The Labute approximate surface area is 361 Å². The van der Waals surface area contributed by atoms with Gasteiger partial charge in [0.2, 0.25) is 5.95 Å². The van der Waals surface area contributed by atoms with E-state index in [9.17, 15) is 0 Å². The first kappa shape index (κ1) is 35.2. The molecule has 0 aliphatic rings. The minimum atomic E-state index is 0.540. The summed E-state index contributed by atoms with van der Waals surface area (Å²) in [6.07, 6.45) is 0. The fourth-order valence-corrected chi connectivity index (χ4v) is 9.60. The molecule has 4 heterocycles. The van der Waals surface area contributed by atoms with E-state index in [0.29, 0.717) is 17.6 Å². The molecule has 6 nitrogen and oxygen atoms in total. The summed E-state index contributed by atoms with van der Waals surface area (Å²) < 4.78 is 11.4. The molecule has 0 unspecified atom stereocenters. The van der Waals surface area contributed by atoms with Gasteiger partial charge in [-0.3, -0.25) is 4.57 Å². The molecule has 0 amide bonds. The van der Waals surface area contributed by atoms with E-state index in [1.54, 1.807) is 0 Å². The van der Waals surface area contributed by atoms with Gasteiger partial charge in [-0.2, -0.15) is 9.97 Å². The summed E-state index contributed by atoms with van der Waals surface area (Å²) in [6, 6.07) is 74.3. The maximum absolute atomic E-state index is 6.67. The quantitative estimate of drug-likeness (QED) is 0.168. The highest BCUT2D eigenvalue weighted by molar-refractivity contribution is 6.24. The lowest BCUT2D eigenvalue weighted by atomic mass is 9.99. The van der Waals surface area contributed by atoms with Crippen LogP contribution in [0.5, 0.6) is 0 Å². The van der Waals surface area contributed by atoms with E-state index in [-0.39, 0.29) is 0 Å². The summed E-state index contributed by atoms with van der Waals surface area (Å²) in [5.41, 5.74) is 13.0. The average molecular weight is 806 g/mol. The number of hydrogen-bond donors (Lipinski definition) is 0. The van der Waals surface area contributed by atoms with Crippen molar-refractivity contribution in [3.8, 4) is 56.7 Å². The van der Waals surface area contributed by atoms with E-state index < -0.39 is 0 Å². The second kappa shape index (κ2) is 14.0. The van der Waals surface area contributed by atoms with E-state index in [2.05, 4.69) is 191 Å². The van der Waals surface area contributed by atoms with Crippen molar-refractivity contribution in [2.75, 3.05) is 0 Å². The van der Waals surface area contributed by atoms with Gasteiger partial charge in [-0.1, -0.05) is 182 Å². The molecule has 13 aromatic rings. The minimum Gasteiger partial charge on any atom is -0.455 e. The summed E-state index contributed by atoms with van der Waals surface area (Å²) in [5.74, 6) is 1.74. The molecule has 63 heavy (non-hydrogen) atoms. The fourth-order valence-electron chi connectivity index (χ4n) is 9.60. The molecule has 4 aromatic heterocycles. The Morgan fingerprint density at radius 1 is 0.333 bits per heavy atom. The summed E-state index contributed by atoms with van der Waals surface area (Å²) in [7, 11) is 0. The van der Waals surface area contributed by atoms with Gasteiger partial charge in [-0.15, -0.1) is 0 Å². The van der Waals surface area contributed by atoms with Crippen molar-refractivity contribution >= 4 is 65.6 Å². The van der Waals surface area contributed by atoms with Gasteiger partial charge >= 0.3 is 0 Å². The van der Waals surface area contributed by atoms with Gasteiger partial charge in [0.1, 0.15) is 11.2 Å². The molecular weight excluding hydrogens is 771 g/mol.